The number of fused-ring (bicyclic) bond motifs is 1. The number of methoxy groups -OCH3 is 1. The van der Waals surface area contributed by atoms with Crippen LogP contribution in [0.25, 0.3) is 11.0 Å². The van der Waals surface area contributed by atoms with Gasteiger partial charge in [0, 0.05) is 0 Å². The second-order valence-corrected chi connectivity index (χ2v) is 6.16. The number of anilines is 1. The first-order valence-corrected chi connectivity index (χ1v) is 8.90. The third kappa shape index (κ3) is 4.12. The van der Waals surface area contributed by atoms with Crippen molar-refractivity contribution >= 4 is 23.2 Å². The molecule has 0 unspecified atom stereocenters. The lowest BCUT2D eigenvalue weighted by Crippen LogP contribution is -1.99. The Morgan fingerprint density at radius 1 is 1.00 bits per heavy atom. The van der Waals surface area contributed by atoms with Gasteiger partial charge < -0.3 is 14.5 Å². The molecule has 0 aliphatic rings. The molecule has 4 rings (SSSR count). The number of nitrogens with one attached hydrogen (secondary N) is 2. The molecule has 0 fully saturated rings. The number of para-hydroxylation sites is 2. The van der Waals surface area contributed by atoms with E-state index in [0.29, 0.717) is 24.1 Å². The molecule has 4 aromatic rings. The number of aromatic amines is 1. The average Bonchev–Trinajstić information content (AvgIpc) is 3.16. The van der Waals surface area contributed by atoms with Crippen LogP contribution in [-0.4, -0.2) is 23.3 Å². The first kappa shape index (κ1) is 17.6. The van der Waals surface area contributed by atoms with Crippen LogP contribution in [0.5, 0.6) is 11.5 Å². The molecule has 0 saturated heterocycles. The van der Waals surface area contributed by atoms with Gasteiger partial charge >= 0.3 is 0 Å². The first-order valence-electron chi connectivity index (χ1n) is 8.90. The van der Waals surface area contributed by atoms with E-state index in [-0.39, 0.29) is 0 Å². The number of ether oxygens (including phenoxy) is 2. The highest BCUT2D eigenvalue weighted by Gasteiger charge is 2.06. The number of H-pyrrole nitrogens is 1. The van der Waals surface area contributed by atoms with Crippen molar-refractivity contribution in [2.75, 3.05) is 12.5 Å². The van der Waals surface area contributed by atoms with Crippen LogP contribution in [0, 0.1) is 0 Å². The fourth-order valence-corrected chi connectivity index (χ4v) is 2.80. The number of benzene rings is 3. The van der Waals surface area contributed by atoms with E-state index in [0.717, 1.165) is 22.2 Å². The summed E-state index contributed by atoms with van der Waals surface area (Å²) in [5, 5.41) is 4.26. The van der Waals surface area contributed by atoms with Gasteiger partial charge in [-0.25, -0.2) is 10.4 Å². The standard InChI is InChI=1S/C22H20N4O2/c1-27-20-12-11-17(13-21(20)28-15-16-7-3-2-4-8-16)14-23-26-22-24-18-9-5-6-10-19(18)25-22/h2-14H,15H2,1H3,(H2,24,25,26)/b23-14-. The van der Waals surface area contributed by atoms with E-state index in [1.807, 2.05) is 72.8 Å². The number of aromatic nitrogens is 2. The fraction of sp³-hybridized carbons (Fsp3) is 0.0909. The normalized spacial score (nSPS) is 11.0. The Labute approximate surface area is 162 Å². The summed E-state index contributed by atoms with van der Waals surface area (Å²) in [6, 6.07) is 23.5. The zero-order chi connectivity index (χ0) is 19.2. The van der Waals surface area contributed by atoms with Gasteiger partial charge in [0.1, 0.15) is 6.61 Å². The van der Waals surface area contributed by atoms with E-state index >= 15 is 0 Å². The summed E-state index contributed by atoms with van der Waals surface area (Å²) in [6.45, 7) is 0.467. The second-order valence-electron chi connectivity index (χ2n) is 6.16. The molecule has 0 amide bonds. The molecular formula is C22H20N4O2. The molecule has 1 aromatic heterocycles. The van der Waals surface area contributed by atoms with Gasteiger partial charge in [0.25, 0.3) is 0 Å². The van der Waals surface area contributed by atoms with Gasteiger partial charge in [-0.15, -0.1) is 0 Å². The van der Waals surface area contributed by atoms with Crippen LogP contribution >= 0.6 is 0 Å². The Morgan fingerprint density at radius 3 is 2.64 bits per heavy atom. The second kappa shape index (κ2) is 8.26. The molecule has 6 heteroatoms. The first-order chi connectivity index (χ1) is 13.8. The Kier molecular flexibility index (Phi) is 5.20. The van der Waals surface area contributed by atoms with Crippen LogP contribution in [0.3, 0.4) is 0 Å². The van der Waals surface area contributed by atoms with Crippen molar-refractivity contribution in [3.05, 3.63) is 83.9 Å². The highest BCUT2D eigenvalue weighted by molar-refractivity contribution is 5.82. The van der Waals surface area contributed by atoms with Gasteiger partial charge in [-0.05, 0) is 41.5 Å². The van der Waals surface area contributed by atoms with Crippen molar-refractivity contribution in [2.45, 2.75) is 6.61 Å². The van der Waals surface area contributed by atoms with Crippen LogP contribution < -0.4 is 14.9 Å². The maximum Gasteiger partial charge on any atom is 0.222 e. The van der Waals surface area contributed by atoms with Gasteiger partial charge in [0.2, 0.25) is 5.95 Å². The number of imidazole rings is 1. The van der Waals surface area contributed by atoms with E-state index < -0.39 is 0 Å². The highest BCUT2D eigenvalue weighted by atomic mass is 16.5. The van der Waals surface area contributed by atoms with Crippen molar-refractivity contribution in [3.8, 4) is 11.5 Å². The Hall–Kier alpha value is -3.80. The molecule has 0 atom stereocenters. The van der Waals surface area contributed by atoms with Gasteiger partial charge in [-0.3, -0.25) is 0 Å². The third-order valence-electron chi connectivity index (χ3n) is 4.20. The number of hydrazone groups is 1. The van der Waals surface area contributed by atoms with Crippen LogP contribution in [0.15, 0.2) is 77.9 Å². The molecule has 140 valence electrons. The van der Waals surface area contributed by atoms with Crippen molar-refractivity contribution in [1.29, 1.82) is 0 Å². The van der Waals surface area contributed by atoms with Crippen molar-refractivity contribution in [1.82, 2.24) is 9.97 Å². The van der Waals surface area contributed by atoms with Gasteiger partial charge in [0.05, 0.1) is 24.4 Å². The van der Waals surface area contributed by atoms with E-state index in [1.54, 1.807) is 13.3 Å². The minimum Gasteiger partial charge on any atom is -0.493 e. The summed E-state index contributed by atoms with van der Waals surface area (Å²) in [4.78, 5) is 7.60. The Balaban J connectivity index is 1.45. The summed E-state index contributed by atoms with van der Waals surface area (Å²) in [6.07, 6.45) is 1.71. The van der Waals surface area contributed by atoms with Gasteiger partial charge in [-0.2, -0.15) is 5.10 Å². The topological polar surface area (TPSA) is 71.5 Å². The number of hydrogen-bond donors (Lipinski definition) is 2. The quantitative estimate of drug-likeness (QED) is 0.367. The number of nitrogens with zero attached hydrogens (tertiary/aromatic N) is 2. The summed E-state index contributed by atoms with van der Waals surface area (Å²) >= 11 is 0. The SMILES string of the molecule is COc1ccc(/C=N\Nc2nc3ccccc3[nH]2)cc1OCc1ccccc1. The molecule has 0 radical (unpaired) electrons. The minimum absolute atomic E-state index is 0.467. The average molecular weight is 372 g/mol. The summed E-state index contributed by atoms with van der Waals surface area (Å²) in [7, 11) is 1.63. The van der Waals surface area contributed by atoms with Crippen molar-refractivity contribution in [3.63, 3.8) is 0 Å². The van der Waals surface area contributed by atoms with E-state index in [9.17, 15) is 0 Å². The monoisotopic (exact) mass is 372 g/mol. The molecule has 0 saturated carbocycles. The van der Waals surface area contributed by atoms with Crippen LogP contribution in [0.1, 0.15) is 11.1 Å². The van der Waals surface area contributed by atoms with Crippen LogP contribution in [0.2, 0.25) is 0 Å². The molecule has 0 bridgehead atoms. The molecule has 0 spiro atoms. The molecule has 0 aliphatic carbocycles. The smallest absolute Gasteiger partial charge is 0.222 e. The lowest BCUT2D eigenvalue weighted by Gasteiger charge is -2.11. The van der Waals surface area contributed by atoms with E-state index in [1.165, 1.54) is 0 Å². The lowest BCUT2D eigenvalue weighted by atomic mass is 10.2. The number of hydrogen-bond acceptors (Lipinski definition) is 5. The molecule has 6 nitrogen and oxygen atoms in total. The zero-order valence-corrected chi connectivity index (χ0v) is 15.4. The van der Waals surface area contributed by atoms with Crippen molar-refractivity contribution < 1.29 is 9.47 Å². The van der Waals surface area contributed by atoms with Gasteiger partial charge in [-0.1, -0.05) is 42.5 Å². The molecule has 2 N–H and O–H groups in total. The van der Waals surface area contributed by atoms with Crippen LogP contribution in [-0.2, 0) is 6.61 Å². The zero-order valence-electron chi connectivity index (χ0n) is 15.4. The minimum atomic E-state index is 0.467. The van der Waals surface area contributed by atoms with Crippen molar-refractivity contribution in [2.24, 2.45) is 5.10 Å². The highest BCUT2D eigenvalue weighted by Crippen LogP contribution is 2.28. The van der Waals surface area contributed by atoms with E-state index in [4.69, 9.17) is 9.47 Å². The van der Waals surface area contributed by atoms with Crippen LogP contribution in [0.4, 0.5) is 5.95 Å². The summed E-state index contributed by atoms with van der Waals surface area (Å²) < 4.78 is 11.3. The maximum atomic E-state index is 5.93. The maximum absolute atomic E-state index is 5.93. The predicted octanol–water partition coefficient (Wildman–Crippen LogP) is 4.60. The summed E-state index contributed by atoms with van der Waals surface area (Å²) in [5.41, 5.74) is 6.74. The van der Waals surface area contributed by atoms with E-state index in [2.05, 4.69) is 20.5 Å². The van der Waals surface area contributed by atoms with Gasteiger partial charge in [0.15, 0.2) is 11.5 Å². The summed E-state index contributed by atoms with van der Waals surface area (Å²) in [5.74, 6) is 1.93. The molecule has 1 heterocycles. The lowest BCUT2D eigenvalue weighted by molar-refractivity contribution is 0.284. The number of rotatable bonds is 7. The predicted molar refractivity (Wildman–Crippen MR) is 111 cm³/mol. The molecule has 28 heavy (non-hydrogen) atoms. The Bertz CT molecular complexity index is 1060. The Morgan fingerprint density at radius 2 is 1.82 bits per heavy atom. The third-order valence-corrected chi connectivity index (χ3v) is 4.20. The molecule has 0 aliphatic heterocycles. The largest absolute Gasteiger partial charge is 0.493 e. The molecular weight excluding hydrogens is 352 g/mol. The fourth-order valence-electron chi connectivity index (χ4n) is 2.80. The molecule has 3 aromatic carbocycles.